The number of nitrogens with one attached hydrogen (secondary N) is 1. The molecule has 0 aromatic heterocycles. The highest BCUT2D eigenvalue weighted by Crippen LogP contribution is 2.44. The molecule has 3 N–H and O–H groups in total. The zero-order valence-corrected chi connectivity index (χ0v) is 19.1. The summed E-state index contributed by atoms with van der Waals surface area (Å²) in [5.74, 6) is -1.97. The lowest BCUT2D eigenvalue weighted by atomic mass is 9.98. The normalized spacial score (nSPS) is 19.4. The van der Waals surface area contributed by atoms with Gasteiger partial charge in [0.1, 0.15) is 18.7 Å². The number of unbranched alkanes of at least 4 members (excludes halogenated alkanes) is 1. The molecule has 1 saturated heterocycles. The number of fused-ring (bicyclic) bond motifs is 3. The first-order valence-corrected chi connectivity index (χ1v) is 11.6. The Kier molecular flexibility index (Phi) is 7.32. The minimum absolute atomic E-state index is 0.0686. The molecule has 2 aliphatic rings. The van der Waals surface area contributed by atoms with Gasteiger partial charge in [-0.25, -0.2) is 9.59 Å². The Morgan fingerprint density at radius 1 is 1.11 bits per heavy atom. The lowest BCUT2D eigenvalue weighted by Gasteiger charge is -2.27. The number of β-amino-alcohol motifs (C(OH)–C–C–N with tert-alkyl or cyclic N) is 1. The van der Waals surface area contributed by atoms with E-state index in [4.69, 9.17) is 10.00 Å². The van der Waals surface area contributed by atoms with Crippen LogP contribution in [0.25, 0.3) is 11.1 Å². The Morgan fingerprint density at radius 2 is 1.74 bits per heavy atom. The van der Waals surface area contributed by atoms with Gasteiger partial charge in [-0.15, -0.1) is 0 Å². The first-order chi connectivity index (χ1) is 16.9. The van der Waals surface area contributed by atoms with Crippen molar-refractivity contribution in [3.8, 4) is 17.2 Å². The van der Waals surface area contributed by atoms with Crippen molar-refractivity contribution >= 4 is 18.0 Å². The summed E-state index contributed by atoms with van der Waals surface area (Å²) in [6, 6.07) is 15.6. The number of hydrogen-bond donors (Lipinski definition) is 3. The molecule has 1 heterocycles. The summed E-state index contributed by atoms with van der Waals surface area (Å²) < 4.78 is 5.53. The standard InChI is InChI=1S/C26H27N3O6/c27-12-6-5-11-22(24(31)29-14-16(30)13-23(29)25(32)33)28-26(34)35-15-21-19-9-3-1-7-17(19)18-8-2-4-10-20(18)21/h1-4,7-10,16,21-23,30H,5-6,11,13-15H2,(H,28,34)(H,32,33)/t16-,22?,23+/m1/s1. The number of amides is 2. The SMILES string of the molecule is N#CCCCC(NC(=O)OCC1c2ccccc2-c2ccccc21)C(=O)N1C[C@H](O)C[C@H]1C(=O)O. The number of nitrogens with zero attached hydrogens (tertiary/aromatic N) is 2. The number of rotatable bonds is 8. The Balaban J connectivity index is 1.45. The predicted molar refractivity (Wildman–Crippen MR) is 125 cm³/mol. The molecule has 2 aromatic carbocycles. The third kappa shape index (κ3) is 5.12. The Bertz CT molecular complexity index is 1110. The van der Waals surface area contributed by atoms with E-state index in [1.165, 1.54) is 0 Å². The number of aliphatic hydroxyl groups is 1. The molecule has 1 fully saturated rings. The second-order valence-corrected chi connectivity index (χ2v) is 8.81. The highest BCUT2D eigenvalue weighted by atomic mass is 16.5. The molecule has 182 valence electrons. The van der Waals surface area contributed by atoms with E-state index in [2.05, 4.69) is 5.32 Å². The third-order valence-corrected chi connectivity index (χ3v) is 6.56. The average molecular weight is 478 g/mol. The van der Waals surface area contributed by atoms with Crippen LogP contribution in [-0.4, -0.2) is 64.4 Å². The van der Waals surface area contributed by atoms with Crippen LogP contribution in [0.3, 0.4) is 0 Å². The van der Waals surface area contributed by atoms with Gasteiger partial charge in [-0.3, -0.25) is 4.79 Å². The summed E-state index contributed by atoms with van der Waals surface area (Å²) in [4.78, 5) is 38.5. The largest absolute Gasteiger partial charge is 0.480 e. The first-order valence-electron chi connectivity index (χ1n) is 11.6. The summed E-state index contributed by atoms with van der Waals surface area (Å²) in [5, 5.41) is 30.8. The molecule has 0 bridgehead atoms. The zero-order valence-electron chi connectivity index (χ0n) is 19.1. The van der Waals surface area contributed by atoms with Gasteiger partial charge < -0.3 is 25.2 Å². The van der Waals surface area contributed by atoms with Gasteiger partial charge in [-0.1, -0.05) is 48.5 Å². The van der Waals surface area contributed by atoms with Crippen molar-refractivity contribution in [1.29, 1.82) is 5.26 Å². The second-order valence-electron chi connectivity index (χ2n) is 8.81. The van der Waals surface area contributed by atoms with Crippen LogP contribution in [0.1, 0.15) is 42.7 Å². The van der Waals surface area contributed by atoms with Gasteiger partial charge in [0.05, 0.1) is 12.2 Å². The molecule has 3 atom stereocenters. The van der Waals surface area contributed by atoms with E-state index in [1.54, 1.807) is 0 Å². The van der Waals surface area contributed by atoms with Crippen molar-refractivity contribution in [2.45, 2.75) is 49.8 Å². The molecule has 0 saturated carbocycles. The molecular weight excluding hydrogens is 450 g/mol. The van der Waals surface area contributed by atoms with Crippen molar-refractivity contribution in [1.82, 2.24) is 10.2 Å². The highest BCUT2D eigenvalue weighted by molar-refractivity contribution is 5.90. The summed E-state index contributed by atoms with van der Waals surface area (Å²) in [5.41, 5.74) is 4.29. The molecule has 2 amide bonds. The predicted octanol–water partition coefficient (Wildman–Crippen LogP) is 2.63. The minimum Gasteiger partial charge on any atom is -0.480 e. The molecule has 9 nitrogen and oxygen atoms in total. The van der Waals surface area contributed by atoms with Crippen molar-refractivity contribution in [3.05, 3.63) is 59.7 Å². The number of alkyl carbamates (subject to hydrolysis) is 1. The van der Waals surface area contributed by atoms with E-state index in [0.717, 1.165) is 27.2 Å². The lowest BCUT2D eigenvalue weighted by Crippen LogP contribution is -2.52. The molecule has 1 unspecified atom stereocenters. The summed E-state index contributed by atoms with van der Waals surface area (Å²) >= 11 is 0. The van der Waals surface area contributed by atoms with Gasteiger partial charge in [0, 0.05) is 25.3 Å². The first kappa shape index (κ1) is 24.2. The zero-order chi connectivity index (χ0) is 24.9. The fourth-order valence-corrected chi connectivity index (χ4v) is 4.92. The number of aliphatic hydroxyl groups excluding tert-OH is 1. The van der Waals surface area contributed by atoms with E-state index in [1.807, 2.05) is 54.6 Å². The maximum atomic E-state index is 13.1. The summed E-state index contributed by atoms with van der Waals surface area (Å²) in [6.07, 6.45) is -1.15. The maximum Gasteiger partial charge on any atom is 0.407 e. The van der Waals surface area contributed by atoms with Gasteiger partial charge in [-0.2, -0.15) is 5.26 Å². The van der Waals surface area contributed by atoms with Crippen LogP contribution in [0.2, 0.25) is 0 Å². The number of benzene rings is 2. The number of aliphatic carboxylic acids is 1. The van der Waals surface area contributed by atoms with Crippen molar-refractivity contribution < 1.29 is 29.3 Å². The molecular formula is C26H27N3O6. The Morgan fingerprint density at radius 3 is 2.34 bits per heavy atom. The average Bonchev–Trinajstić information content (AvgIpc) is 3.40. The third-order valence-electron chi connectivity index (χ3n) is 6.56. The summed E-state index contributed by atoms with van der Waals surface area (Å²) in [6.45, 7) is -0.0595. The molecule has 0 spiro atoms. The maximum absolute atomic E-state index is 13.1. The van der Waals surface area contributed by atoms with Crippen LogP contribution < -0.4 is 5.32 Å². The number of nitriles is 1. The fraction of sp³-hybridized carbons (Fsp3) is 0.385. The van der Waals surface area contributed by atoms with Gasteiger partial charge in [0.25, 0.3) is 0 Å². The van der Waals surface area contributed by atoms with E-state index >= 15 is 0 Å². The van der Waals surface area contributed by atoms with Crippen molar-refractivity contribution in [2.75, 3.05) is 13.2 Å². The number of likely N-dealkylation sites (tertiary alicyclic amines) is 1. The Hall–Kier alpha value is -3.90. The van der Waals surface area contributed by atoms with E-state index < -0.39 is 36.2 Å². The number of carbonyl (C=O) groups is 3. The van der Waals surface area contributed by atoms with E-state index in [-0.39, 0.29) is 38.3 Å². The van der Waals surface area contributed by atoms with Crippen LogP contribution in [-0.2, 0) is 14.3 Å². The number of ether oxygens (including phenoxy) is 1. The number of carboxylic acid groups (broad SMARTS) is 1. The van der Waals surface area contributed by atoms with Crippen LogP contribution in [0.4, 0.5) is 4.79 Å². The van der Waals surface area contributed by atoms with E-state index in [0.29, 0.717) is 6.42 Å². The fourth-order valence-electron chi connectivity index (χ4n) is 4.92. The van der Waals surface area contributed by atoms with Crippen LogP contribution >= 0.6 is 0 Å². The Labute approximate surface area is 202 Å². The molecule has 1 aliphatic carbocycles. The smallest absolute Gasteiger partial charge is 0.407 e. The molecule has 4 rings (SSSR count). The molecule has 35 heavy (non-hydrogen) atoms. The topological polar surface area (TPSA) is 140 Å². The van der Waals surface area contributed by atoms with Gasteiger partial charge in [0.15, 0.2) is 0 Å². The van der Waals surface area contributed by atoms with E-state index in [9.17, 15) is 24.6 Å². The molecule has 0 radical (unpaired) electrons. The minimum atomic E-state index is -1.22. The van der Waals surface area contributed by atoms with Crippen molar-refractivity contribution in [2.24, 2.45) is 0 Å². The highest BCUT2D eigenvalue weighted by Gasteiger charge is 2.41. The summed E-state index contributed by atoms with van der Waals surface area (Å²) in [7, 11) is 0. The quantitative estimate of drug-likeness (QED) is 0.497. The van der Waals surface area contributed by atoms with Crippen LogP contribution in [0.15, 0.2) is 48.5 Å². The van der Waals surface area contributed by atoms with Crippen molar-refractivity contribution in [3.63, 3.8) is 0 Å². The molecule has 2 aromatic rings. The second kappa shape index (κ2) is 10.6. The van der Waals surface area contributed by atoms with Crippen LogP contribution in [0.5, 0.6) is 0 Å². The molecule has 1 aliphatic heterocycles. The van der Waals surface area contributed by atoms with Gasteiger partial charge in [0.2, 0.25) is 5.91 Å². The number of carbonyl (C=O) groups excluding carboxylic acids is 2. The monoisotopic (exact) mass is 477 g/mol. The van der Waals surface area contributed by atoms with Crippen LogP contribution in [0, 0.1) is 11.3 Å². The molecule has 9 heteroatoms. The number of carboxylic acids is 1. The number of hydrogen-bond acceptors (Lipinski definition) is 6. The van der Waals surface area contributed by atoms with Gasteiger partial charge in [-0.05, 0) is 35.1 Å². The lowest BCUT2D eigenvalue weighted by molar-refractivity contribution is -0.149. The van der Waals surface area contributed by atoms with Gasteiger partial charge >= 0.3 is 12.1 Å².